The van der Waals surface area contributed by atoms with Gasteiger partial charge >= 0.3 is 0 Å². The summed E-state index contributed by atoms with van der Waals surface area (Å²) < 4.78 is 12.9. The molecule has 0 saturated heterocycles. The number of nitrogens with zero attached hydrogens (tertiary/aromatic N) is 3. The van der Waals surface area contributed by atoms with E-state index < -0.39 is 5.91 Å². The van der Waals surface area contributed by atoms with E-state index in [4.69, 9.17) is 5.10 Å². The number of aryl methyl sites for hydroxylation is 1. The molecule has 1 aliphatic heterocycles. The summed E-state index contributed by atoms with van der Waals surface area (Å²) in [5.41, 5.74) is 8.12. The van der Waals surface area contributed by atoms with E-state index in [1.54, 1.807) is 6.21 Å². The van der Waals surface area contributed by atoms with Crippen molar-refractivity contribution >= 4 is 23.5 Å². The summed E-state index contributed by atoms with van der Waals surface area (Å²) in [4.78, 5) is 12.0. The van der Waals surface area contributed by atoms with Gasteiger partial charge in [-0.3, -0.25) is 9.80 Å². The molecule has 3 aromatic rings. The number of carbonyl (C=O) groups is 1. The van der Waals surface area contributed by atoms with Gasteiger partial charge in [-0.05, 0) is 54.4 Å². The van der Waals surface area contributed by atoms with Crippen LogP contribution < -0.4 is 10.4 Å². The van der Waals surface area contributed by atoms with Crippen molar-refractivity contribution in [3.63, 3.8) is 0 Å². The molecule has 150 valence electrons. The first kappa shape index (κ1) is 19.5. The van der Waals surface area contributed by atoms with Gasteiger partial charge in [0, 0.05) is 18.5 Å². The fraction of sp³-hybridized carbons (Fsp3) is 0.125. The third kappa shape index (κ3) is 4.60. The van der Waals surface area contributed by atoms with E-state index in [0.717, 1.165) is 35.5 Å². The number of anilines is 1. The maximum Gasteiger partial charge on any atom is 0.271 e. The van der Waals surface area contributed by atoms with E-state index in [0.29, 0.717) is 5.56 Å². The number of halogens is 1. The van der Waals surface area contributed by atoms with E-state index in [1.807, 2.05) is 29.3 Å². The summed E-state index contributed by atoms with van der Waals surface area (Å²) in [6.07, 6.45) is 2.47. The number of rotatable bonds is 5. The van der Waals surface area contributed by atoms with E-state index in [-0.39, 0.29) is 5.82 Å². The molecule has 1 aliphatic rings. The second kappa shape index (κ2) is 8.69. The average Bonchev–Trinajstić information content (AvgIpc) is 3.25. The summed E-state index contributed by atoms with van der Waals surface area (Å²) in [6.45, 7) is 2.91. The van der Waals surface area contributed by atoms with Crippen molar-refractivity contribution in [2.45, 2.75) is 13.3 Å². The second-order valence-corrected chi connectivity index (χ2v) is 7.08. The highest BCUT2D eigenvalue weighted by Gasteiger charge is 2.17. The van der Waals surface area contributed by atoms with Crippen LogP contribution in [0.1, 0.15) is 33.5 Å². The van der Waals surface area contributed by atoms with Crippen LogP contribution in [0.25, 0.3) is 0 Å². The van der Waals surface area contributed by atoms with Gasteiger partial charge in [0.1, 0.15) is 5.82 Å². The average molecular weight is 400 g/mol. The van der Waals surface area contributed by atoms with E-state index >= 15 is 0 Å². The van der Waals surface area contributed by atoms with Crippen LogP contribution >= 0.6 is 0 Å². The van der Waals surface area contributed by atoms with Gasteiger partial charge in [0.15, 0.2) is 0 Å². The van der Waals surface area contributed by atoms with Crippen LogP contribution in [0.2, 0.25) is 0 Å². The topological polar surface area (TPSA) is 57.1 Å². The van der Waals surface area contributed by atoms with Crippen molar-refractivity contribution < 1.29 is 9.18 Å². The molecule has 4 rings (SSSR count). The SMILES string of the molecule is Cc1ccc(C2=NN(c3ccc(/C=N\NC(=O)c4ccc(F)cc4)cc3)CC2)cc1. The third-order valence-electron chi connectivity index (χ3n) is 4.86. The number of hydrogen-bond donors (Lipinski definition) is 1. The van der Waals surface area contributed by atoms with Crippen LogP contribution in [0, 0.1) is 12.7 Å². The lowest BCUT2D eigenvalue weighted by atomic mass is 10.1. The minimum atomic E-state index is -0.391. The summed E-state index contributed by atoms with van der Waals surface area (Å²) in [7, 11) is 0. The fourth-order valence-electron chi connectivity index (χ4n) is 3.16. The molecule has 0 aromatic heterocycles. The van der Waals surface area contributed by atoms with Crippen LogP contribution in [-0.2, 0) is 0 Å². The molecule has 0 fully saturated rings. The number of carbonyl (C=O) groups excluding carboxylic acids is 1. The maximum absolute atomic E-state index is 12.9. The van der Waals surface area contributed by atoms with E-state index in [2.05, 4.69) is 41.7 Å². The largest absolute Gasteiger partial charge is 0.271 e. The van der Waals surface area contributed by atoms with Gasteiger partial charge in [-0.25, -0.2) is 9.82 Å². The Kier molecular flexibility index (Phi) is 5.66. The molecular formula is C24H21FN4O. The zero-order valence-electron chi connectivity index (χ0n) is 16.5. The van der Waals surface area contributed by atoms with Gasteiger partial charge in [-0.2, -0.15) is 10.2 Å². The number of hydrogen-bond acceptors (Lipinski definition) is 4. The molecule has 3 aromatic carbocycles. The lowest BCUT2D eigenvalue weighted by Crippen LogP contribution is -2.17. The van der Waals surface area contributed by atoms with E-state index in [1.165, 1.54) is 29.8 Å². The molecule has 0 aliphatic carbocycles. The van der Waals surface area contributed by atoms with Gasteiger partial charge in [0.25, 0.3) is 5.91 Å². The quantitative estimate of drug-likeness (QED) is 0.506. The zero-order chi connectivity index (χ0) is 20.9. The molecule has 1 heterocycles. The molecule has 0 unspecified atom stereocenters. The first-order valence-corrected chi connectivity index (χ1v) is 9.69. The number of amides is 1. The first-order valence-electron chi connectivity index (χ1n) is 9.69. The van der Waals surface area contributed by atoms with Crippen LogP contribution in [0.5, 0.6) is 0 Å². The minimum Gasteiger partial charge on any atom is -0.267 e. The Morgan fingerprint density at radius 2 is 1.73 bits per heavy atom. The van der Waals surface area contributed by atoms with Crippen LogP contribution in [0.4, 0.5) is 10.1 Å². The molecule has 5 nitrogen and oxygen atoms in total. The van der Waals surface area contributed by atoms with Crippen molar-refractivity contribution in [1.29, 1.82) is 0 Å². The summed E-state index contributed by atoms with van der Waals surface area (Å²) in [5, 5.41) is 10.7. The van der Waals surface area contributed by atoms with Crippen molar-refractivity contribution in [3.8, 4) is 0 Å². The van der Waals surface area contributed by atoms with Crippen molar-refractivity contribution in [2.24, 2.45) is 10.2 Å². The van der Waals surface area contributed by atoms with Crippen LogP contribution in [-0.4, -0.2) is 24.4 Å². The summed E-state index contributed by atoms with van der Waals surface area (Å²) >= 11 is 0. The molecule has 0 saturated carbocycles. The van der Waals surface area contributed by atoms with Gasteiger partial charge in [-0.1, -0.05) is 42.0 Å². The Balaban J connectivity index is 1.37. The van der Waals surface area contributed by atoms with Crippen LogP contribution in [0.3, 0.4) is 0 Å². The monoisotopic (exact) mass is 400 g/mol. The van der Waals surface area contributed by atoms with Gasteiger partial charge in [-0.15, -0.1) is 0 Å². The number of hydrazone groups is 2. The molecule has 0 radical (unpaired) electrons. The van der Waals surface area contributed by atoms with Crippen LogP contribution in [0.15, 0.2) is 83.0 Å². The van der Waals surface area contributed by atoms with Crippen molar-refractivity contribution in [3.05, 3.63) is 101 Å². The predicted octanol–water partition coefficient (Wildman–Crippen LogP) is 4.51. The Morgan fingerprint density at radius 1 is 1.03 bits per heavy atom. The van der Waals surface area contributed by atoms with Crippen molar-refractivity contribution in [1.82, 2.24) is 5.43 Å². The normalized spacial score (nSPS) is 13.5. The Morgan fingerprint density at radius 3 is 2.43 bits per heavy atom. The molecule has 1 N–H and O–H groups in total. The molecule has 6 heteroatoms. The molecule has 0 atom stereocenters. The molecule has 30 heavy (non-hydrogen) atoms. The van der Waals surface area contributed by atoms with Gasteiger partial charge in [0.05, 0.1) is 17.6 Å². The highest BCUT2D eigenvalue weighted by Crippen LogP contribution is 2.22. The lowest BCUT2D eigenvalue weighted by Gasteiger charge is -2.13. The summed E-state index contributed by atoms with van der Waals surface area (Å²) in [5.74, 6) is -0.777. The highest BCUT2D eigenvalue weighted by atomic mass is 19.1. The van der Waals surface area contributed by atoms with Gasteiger partial charge in [0.2, 0.25) is 0 Å². The fourth-order valence-corrected chi connectivity index (χ4v) is 3.16. The molecular weight excluding hydrogens is 379 g/mol. The standard InChI is InChI=1S/C24H21FN4O/c1-17-2-6-19(7-3-17)23-14-15-29(28-23)22-12-4-18(5-13-22)16-26-27-24(30)20-8-10-21(25)11-9-20/h2-13,16H,14-15H2,1H3,(H,27,30)/b26-16-. The smallest absolute Gasteiger partial charge is 0.267 e. The predicted molar refractivity (Wildman–Crippen MR) is 118 cm³/mol. The van der Waals surface area contributed by atoms with Crippen molar-refractivity contribution in [2.75, 3.05) is 11.6 Å². The summed E-state index contributed by atoms with van der Waals surface area (Å²) in [6, 6.07) is 21.5. The molecule has 0 spiro atoms. The Bertz CT molecular complexity index is 1090. The van der Waals surface area contributed by atoms with E-state index in [9.17, 15) is 9.18 Å². The first-order chi connectivity index (χ1) is 14.6. The molecule has 0 bridgehead atoms. The number of nitrogens with one attached hydrogen (secondary N) is 1. The highest BCUT2D eigenvalue weighted by molar-refractivity contribution is 6.02. The zero-order valence-corrected chi connectivity index (χ0v) is 16.5. The number of benzene rings is 3. The minimum absolute atomic E-state index is 0.347. The lowest BCUT2D eigenvalue weighted by molar-refractivity contribution is 0.0955. The molecule has 1 amide bonds. The maximum atomic E-state index is 12.9. The Labute approximate surface area is 174 Å². The second-order valence-electron chi connectivity index (χ2n) is 7.08. The third-order valence-corrected chi connectivity index (χ3v) is 4.86. The Hall–Kier alpha value is -3.80. The van der Waals surface area contributed by atoms with Gasteiger partial charge < -0.3 is 0 Å².